The normalized spacial score (nSPS) is 13.8. The van der Waals surface area contributed by atoms with Gasteiger partial charge in [0.2, 0.25) is 0 Å². The van der Waals surface area contributed by atoms with E-state index in [1.54, 1.807) is 7.11 Å². The van der Waals surface area contributed by atoms with Crippen molar-refractivity contribution in [2.75, 3.05) is 20.7 Å². The molecule has 0 saturated carbocycles. The van der Waals surface area contributed by atoms with Gasteiger partial charge in [0.15, 0.2) is 0 Å². The first-order valence-electron chi connectivity index (χ1n) is 9.97. The third-order valence-corrected chi connectivity index (χ3v) is 5.69. The number of aromatic nitrogens is 2. The van der Waals surface area contributed by atoms with Crippen LogP contribution < -0.4 is 10.1 Å². The second-order valence-corrected chi connectivity index (χ2v) is 7.47. The molecule has 29 heavy (non-hydrogen) atoms. The summed E-state index contributed by atoms with van der Waals surface area (Å²) in [6, 6.07) is 16.7. The number of hydrogen-bond donors (Lipinski definition) is 1. The van der Waals surface area contributed by atoms with Gasteiger partial charge in [-0.15, -0.1) is 0 Å². The Hall–Kier alpha value is -3.05. The van der Waals surface area contributed by atoms with Crippen molar-refractivity contribution < 1.29 is 4.74 Å². The van der Waals surface area contributed by atoms with Gasteiger partial charge in [0.05, 0.1) is 18.5 Å². The number of methoxy groups -OCH3 is 1. The van der Waals surface area contributed by atoms with Crippen LogP contribution in [0, 0.1) is 0 Å². The SMILES string of the molecule is C=C(NC)c1cccc(-c2nc3c(n2C)CN(Cc2ccccc2OC)CC3)c1. The smallest absolute Gasteiger partial charge is 0.140 e. The van der Waals surface area contributed by atoms with Crippen molar-refractivity contribution in [3.05, 3.63) is 77.6 Å². The zero-order valence-corrected chi connectivity index (χ0v) is 17.4. The number of ether oxygens (including phenoxy) is 1. The Kier molecular flexibility index (Phi) is 5.41. The number of imidazole rings is 1. The molecular formula is C24H28N4O. The summed E-state index contributed by atoms with van der Waals surface area (Å²) < 4.78 is 7.77. The highest BCUT2D eigenvalue weighted by Crippen LogP contribution is 2.29. The molecule has 0 amide bonds. The lowest BCUT2D eigenvalue weighted by Crippen LogP contribution is -2.31. The van der Waals surface area contributed by atoms with Crippen molar-refractivity contribution in [3.63, 3.8) is 0 Å². The number of nitrogens with one attached hydrogen (secondary N) is 1. The third kappa shape index (κ3) is 3.78. The number of para-hydroxylation sites is 1. The van der Waals surface area contributed by atoms with E-state index >= 15 is 0 Å². The lowest BCUT2D eigenvalue weighted by molar-refractivity contribution is 0.235. The van der Waals surface area contributed by atoms with Crippen LogP contribution in [0.15, 0.2) is 55.1 Å². The lowest BCUT2D eigenvalue weighted by atomic mass is 10.1. The van der Waals surface area contributed by atoms with E-state index in [4.69, 9.17) is 9.72 Å². The Morgan fingerprint density at radius 3 is 2.83 bits per heavy atom. The zero-order valence-electron chi connectivity index (χ0n) is 17.4. The average Bonchev–Trinajstić information content (AvgIpc) is 3.09. The van der Waals surface area contributed by atoms with E-state index in [1.165, 1.54) is 17.0 Å². The summed E-state index contributed by atoms with van der Waals surface area (Å²) in [7, 11) is 5.75. The van der Waals surface area contributed by atoms with Crippen LogP contribution in [0.4, 0.5) is 0 Å². The quantitative estimate of drug-likeness (QED) is 0.697. The van der Waals surface area contributed by atoms with Gasteiger partial charge in [-0.3, -0.25) is 4.90 Å². The fraction of sp³-hybridized carbons (Fsp3) is 0.292. The van der Waals surface area contributed by atoms with Crippen LogP contribution in [0.25, 0.3) is 17.1 Å². The highest BCUT2D eigenvalue weighted by molar-refractivity contribution is 5.68. The van der Waals surface area contributed by atoms with Gasteiger partial charge in [0.25, 0.3) is 0 Å². The van der Waals surface area contributed by atoms with Crippen LogP contribution in [0.1, 0.15) is 22.5 Å². The molecule has 1 aliphatic rings. The maximum Gasteiger partial charge on any atom is 0.140 e. The highest BCUT2D eigenvalue weighted by Gasteiger charge is 2.24. The fourth-order valence-corrected chi connectivity index (χ4v) is 4.00. The second kappa shape index (κ2) is 8.13. The molecule has 0 spiro atoms. The topological polar surface area (TPSA) is 42.3 Å². The molecule has 1 N–H and O–H groups in total. The van der Waals surface area contributed by atoms with E-state index in [9.17, 15) is 0 Å². The minimum Gasteiger partial charge on any atom is -0.496 e. The van der Waals surface area contributed by atoms with Crippen molar-refractivity contribution in [1.29, 1.82) is 0 Å². The third-order valence-electron chi connectivity index (χ3n) is 5.69. The second-order valence-electron chi connectivity index (χ2n) is 7.47. The summed E-state index contributed by atoms with van der Waals surface area (Å²) in [5.41, 5.74) is 6.83. The first-order chi connectivity index (χ1) is 14.1. The molecule has 150 valence electrons. The molecule has 1 aliphatic heterocycles. The molecule has 0 unspecified atom stereocenters. The first-order valence-corrected chi connectivity index (χ1v) is 9.97. The maximum absolute atomic E-state index is 5.53. The maximum atomic E-state index is 5.53. The van der Waals surface area contributed by atoms with Crippen molar-refractivity contribution in [3.8, 4) is 17.1 Å². The molecule has 0 aliphatic carbocycles. The minimum absolute atomic E-state index is 0.876. The molecule has 4 rings (SSSR count). The molecule has 0 fully saturated rings. The van der Waals surface area contributed by atoms with Gasteiger partial charge in [-0.2, -0.15) is 0 Å². The van der Waals surface area contributed by atoms with E-state index < -0.39 is 0 Å². The standard InChI is InChI=1S/C24H28N4O/c1-17(25-2)18-9-7-10-19(14-18)24-26-21-12-13-28(16-22(21)27(24)3)15-20-8-5-6-11-23(20)29-4/h5-11,14,25H,1,12-13,15-16H2,2-4H3. The molecule has 0 saturated heterocycles. The van der Waals surface area contributed by atoms with Crippen LogP contribution in [0.3, 0.4) is 0 Å². The average molecular weight is 389 g/mol. The van der Waals surface area contributed by atoms with Crippen molar-refractivity contribution in [2.24, 2.45) is 7.05 Å². The summed E-state index contributed by atoms with van der Waals surface area (Å²) >= 11 is 0. The predicted octanol–water partition coefficient (Wildman–Crippen LogP) is 3.84. The Bertz CT molecular complexity index is 1040. The number of benzene rings is 2. The molecule has 0 atom stereocenters. The lowest BCUT2D eigenvalue weighted by Gasteiger charge is -2.27. The van der Waals surface area contributed by atoms with Gasteiger partial charge in [-0.1, -0.05) is 43.0 Å². The van der Waals surface area contributed by atoms with Crippen LogP contribution in [-0.4, -0.2) is 35.2 Å². The molecule has 3 aromatic rings. The molecule has 5 heteroatoms. The van der Waals surface area contributed by atoms with Crippen LogP contribution in [-0.2, 0) is 26.6 Å². The minimum atomic E-state index is 0.876. The van der Waals surface area contributed by atoms with Gasteiger partial charge in [0.1, 0.15) is 11.6 Å². The summed E-state index contributed by atoms with van der Waals surface area (Å²) in [4.78, 5) is 7.45. The van der Waals surface area contributed by atoms with Gasteiger partial charge in [-0.25, -0.2) is 4.98 Å². The van der Waals surface area contributed by atoms with E-state index in [0.717, 1.165) is 54.5 Å². The highest BCUT2D eigenvalue weighted by atomic mass is 16.5. The van der Waals surface area contributed by atoms with E-state index in [1.807, 2.05) is 19.2 Å². The summed E-state index contributed by atoms with van der Waals surface area (Å²) in [6.45, 7) is 6.84. The fourth-order valence-electron chi connectivity index (χ4n) is 4.00. The number of rotatable bonds is 6. The van der Waals surface area contributed by atoms with E-state index in [-0.39, 0.29) is 0 Å². The summed E-state index contributed by atoms with van der Waals surface area (Å²) in [6.07, 6.45) is 0.960. The van der Waals surface area contributed by atoms with E-state index in [2.05, 4.69) is 64.8 Å². The number of hydrogen-bond acceptors (Lipinski definition) is 4. The molecule has 0 bridgehead atoms. The number of fused-ring (bicyclic) bond motifs is 1. The summed E-state index contributed by atoms with van der Waals surface area (Å²) in [5.74, 6) is 1.96. The van der Waals surface area contributed by atoms with Crippen molar-refractivity contribution in [1.82, 2.24) is 19.8 Å². The van der Waals surface area contributed by atoms with Crippen molar-refractivity contribution >= 4 is 5.70 Å². The van der Waals surface area contributed by atoms with Crippen LogP contribution in [0.5, 0.6) is 5.75 Å². The molecule has 0 radical (unpaired) electrons. The van der Waals surface area contributed by atoms with Crippen LogP contribution in [0.2, 0.25) is 0 Å². The Balaban J connectivity index is 1.59. The molecule has 2 heterocycles. The van der Waals surface area contributed by atoms with Gasteiger partial charge < -0.3 is 14.6 Å². The first kappa shape index (κ1) is 19.3. The van der Waals surface area contributed by atoms with Gasteiger partial charge >= 0.3 is 0 Å². The van der Waals surface area contributed by atoms with E-state index in [0.29, 0.717) is 0 Å². The Labute approximate surface area is 172 Å². The largest absolute Gasteiger partial charge is 0.496 e. The zero-order chi connectivity index (χ0) is 20.4. The van der Waals surface area contributed by atoms with Gasteiger partial charge in [-0.05, 0) is 17.7 Å². The Morgan fingerprint density at radius 1 is 1.21 bits per heavy atom. The Morgan fingerprint density at radius 2 is 2.03 bits per heavy atom. The van der Waals surface area contributed by atoms with Crippen LogP contribution >= 0.6 is 0 Å². The molecule has 2 aromatic carbocycles. The monoisotopic (exact) mass is 388 g/mol. The van der Waals surface area contributed by atoms with Gasteiger partial charge in [0, 0.05) is 57.0 Å². The molecular weight excluding hydrogens is 360 g/mol. The summed E-state index contributed by atoms with van der Waals surface area (Å²) in [5, 5.41) is 3.12. The van der Waals surface area contributed by atoms with Crippen molar-refractivity contribution in [2.45, 2.75) is 19.5 Å². The predicted molar refractivity (Wildman–Crippen MR) is 118 cm³/mol. The number of nitrogens with zero attached hydrogens (tertiary/aromatic N) is 3. The molecule has 5 nitrogen and oxygen atoms in total. The molecule has 1 aromatic heterocycles.